The van der Waals surface area contributed by atoms with Gasteiger partial charge in [0, 0.05) is 24.4 Å². The summed E-state index contributed by atoms with van der Waals surface area (Å²) in [7, 11) is 0. The van der Waals surface area contributed by atoms with Crippen molar-refractivity contribution in [3.8, 4) is 22.4 Å². The van der Waals surface area contributed by atoms with Gasteiger partial charge in [0.15, 0.2) is 0 Å². The molecule has 10 heteroatoms. The minimum absolute atomic E-state index is 0.00290. The first kappa shape index (κ1) is 23.4. The molecule has 4 aromatic rings. The molecule has 34 heavy (non-hydrogen) atoms. The topological polar surface area (TPSA) is 105 Å². The molecule has 0 atom stereocenters. The fraction of sp³-hybridized carbons (Fsp3) is 0.208. The quantitative estimate of drug-likeness (QED) is 0.361. The van der Waals surface area contributed by atoms with Crippen molar-refractivity contribution in [1.82, 2.24) is 19.7 Å². The van der Waals surface area contributed by atoms with Crippen LogP contribution in [0.5, 0.6) is 0 Å². The molecule has 2 heterocycles. The van der Waals surface area contributed by atoms with Gasteiger partial charge in [-0.2, -0.15) is 13.2 Å². The van der Waals surface area contributed by atoms with E-state index in [1.807, 2.05) is 12.1 Å². The number of nitrogens with zero attached hydrogens (tertiary/aromatic N) is 2. The first-order valence-corrected chi connectivity index (χ1v) is 10.6. The Labute approximate surface area is 192 Å². The van der Waals surface area contributed by atoms with E-state index < -0.39 is 22.9 Å². The maximum Gasteiger partial charge on any atom is 0.416 e. The Hall–Kier alpha value is -3.76. The fourth-order valence-corrected chi connectivity index (χ4v) is 3.51. The van der Waals surface area contributed by atoms with Crippen molar-refractivity contribution in [2.45, 2.75) is 19.1 Å². The number of fused-ring (bicyclic) bond motifs is 1. The molecule has 4 N–H and O–H groups in total. The maximum absolute atomic E-state index is 12.8. The second-order valence-corrected chi connectivity index (χ2v) is 7.76. The lowest BCUT2D eigenvalue weighted by molar-refractivity contribution is -0.137. The number of hydrogen-bond acceptors (Lipinski definition) is 5. The van der Waals surface area contributed by atoms with Crippen LogP contribution < -0.4 is 22.2 Å². The Morgan fingerprint density at radius 2 is 1.68 bits per heavy atom. The van der Waals surface area contributed by atoms with Gasteiger partial charge in [0.1, 0.15) is 0 Å². The molecule has 0 aliphatic heterocycles. The van der Waals surface area contributed by atoms with Crippen LogP contribution >= 0.6 is 0 Å². The van der Waals surface area contributed by atoms with Crippen LogP contribution in [0.2, 0.25) is 0 Å². The summed E-state index contributed by atoms with van der Waals surface area (Å²) in [4.78, 5) is 32.3. The number of halogens is 3. The monoisotopic (exact) mass is 469 g/mol. The molecule has 0 aliphatic rings. The van der Waals surface area contributed by atoms with Crippen LogP contribution in [0.4, 0.5) is 13.2 Å². The van der Waals surface area contributed by atoms with Gasteiger partial charge in [0.05, 0.1) is 16.8 Å². The standard InChI is InChI=1S/C24H22F3N5O2/c25-24(26,27)18-8-6-17(7-9-18)20-12-21(33)32-14-19(22(34)31-23(32)30-20)16-4-2-15(3-5-16)13-29-11-1-10-28/h2-9,12,14,29H,1,10-11,13,28H2,(H,30,31,34). The van der Waals surface area contributed by atoms with Crippen LogP contribution in [0, 0.1) is 0 Å². The summed E-state index contributed by atoms with van der Waals surface area (Å²) in [5, 5.41) is 3.28. The molecule has 0 amide bonds. The van der Waals surface area contributed by atoms with Gasteiger partial charge < -0.3 is 11.1 Å². The number of benzene rings is 2. The molecule has 0 bridgehead atoms. The van der Waals surface area contributed by atoms with E-state index in [0.29, 0.717) is 29.8 Å². The van der Waals surface area contributed by atoms with E-state index in [0.717, 1.165) is 30.7 Å². The highest BCUT2D eigenvalue weighted by Gasteiger charge is 2.30. The number of rotatable bonds is 7. The van der Waals surface area contributed by atoms with Crippen molar-refractivity contribution in [3.63, 3.8) is 0 Å². The Kier molecular flexibility index (Phi) is 6.62. The zero-order chi connectivity index (χ0) is 24.3. The minimum atomic E-state index is -4.46. The molecule has 0 radical (unpaired) electrons. The Balaban J connectivity index is 1.64. The average molecular weight is 469 g/mol. The van der Waals surface area contributed by atoms with Gasteiger partial charge >= 0.3 is 6.18 Å². The molecule has 0 spiro atoms. The number of nitrogens with two attached hydrogens (primary N) is 1. The van der Waals surface area contributed by atoms with Crippen LogP contribution in [0.1, 0.15) is 17.5 Å². The van der Waals surface area contributed by atoms with Crippen LogP contribution in [-0.2, 0) is 12.7 Å². The van der Waals surface area contributed by atoms with Crippen molar-refractivity contribution >= 4 is 5.78 Å². The van der Waals surface area contributed by atoms with Crippen LogP contribution in [0.25, 0.3) is 28.2 Å². The van der Waals surface area contributed by atoms with Crippen molar-refractivity contribution in [2.75, 3.05) is 13.1 Å². The van der Waals surface area contributed by atoms with Gasteiger partial charge in [-0.1, -0.05) is 36.4 Å². The van der Waals surface area contributed by atoms with Crippen molar-refractivity contribution < 1.29 is 13.2 Å². The molecule has 0 saturated carbocycles. The van der Waals surface area contributed by atoms with E-state index in [9.17, 15) is 22.8 Å². The maximum atomic E-state index is 12.8. The highest BCUT2D eigenvalue weighted by atomic mass is 19.4. The van der Waals surface area contributed by atoms with Gasteiger partial charge in [0.25, 0.3) is 11.1 Å². The number of nitrogens with one attached hydrogen (secondary N) is 2. The number of H-pyrrole nitrogens is 1. The second-order valence-electron chi connectivity index (χ2n) is 7.76. The molecule has 0 unspecified atom stereocenters. The number of alkyl halides is 3. The zero-order valence-electron chi connectivity index (χ0n) is 18.0. The third-order valence-electron chi connectivity index (χ3n) is 5.34. The summed E-state index contributed by atoms with van der Waals surface area (Å²) < 4.78 is 39.6. The summed E-state index contributed by atoms with van der Waals surface area (Å²) in [5.41, 5.74) is 6.21. The lowest BCUT2D eigenvalue weighted by Crippen LogP contribution is -2.21. The molecule has 2 aromatic carbocycles. The van der Waals surface area contributed by atoms with Crippen molar-refractivity contribution in [2.24, 2.45) is 5.73 Å². The highest BCUT2D eigenvalue weighted by Crippen LogP contribution is 2.30. The smallest absolute Gasteiger partial charge is 0.330 e. The second kappa shape index (κ2) is 9.62. The largest absolute Gasteiger partial charge is 0.416 e. The normalized spacial score (nSPS) is 11.8. The van der Waals surface area contributed by atoms with Crippen LogP contribution in [-0.4, -0.2) is 27.5 Å². The van der Waals surface area contributed by atoms with Gasteiger partial charge in [-0.25, -0.2) is 4.98 Å². The third kappa shape index (κ3) is 5.08. The van der Waals surface area contributed by atoms with E-state index in [1.54, 1.807) is 12.1 Å². The Bertz CT molecular complexity index is 1410. The lowest BCUT2D eigenvalue weighted by atomic mass is 10.1. The fourth-order valence-electron chi connectivity index (χ4n) is 3.51. The zero-order valence-corrected chi connectivity index (χ0v) is 18.0. The Morgan fingerprint density at radius 1 is 1.00 bits per heavy atom. The summed E-state index contributed by atoms with van der Waals surface area (Å²) in [6.07, 6.45) is -2.17. The summed E-state index contributed by atoms with van der Waals surface area (Å²) >= 11 is 0. The van der Waals surface area contributed by atoms with Gasteiger partial charge in [-0.3, -0.25) is 19.0 Å². The first-order valence-electron chi connectivity index (χ1n) is 10.6. The molecule has 0 fully saturated rings. The van der Waals surface area contributed by atoms with Crippen molar-refractivity contribution in [1.29, 1.82) is 0 Å². The number of hydrogen-bond donors (Lipinski definition) is 3. The molecular weight excluding hydrogens is 447 g/mol. The number of aromatic nitrogens is 3. The summed E-state index contributed by atoms with van der Waals surface area (Å²) in [5.74, 6) is -0.00290. The van der Waals surface area contributed by atoms with Crippen LogP contribution in [0.15, 0.2) is 70.4 Å². The van der Waals surface area contributed by atoms with Gasteiger partial charge in [0.2, 0.25) is 5.78 Å². The molecule has 0 aliphatic carbocycles. The summed E-state index contributed by atoms with van der Waals surface area (Å²) in [6.45, 7) is 2.11. The Morgan fingerprint density at radius 3 is 2.32 bits per heavy atom. The molecule has 0 saturated heterocycles. The van der Waals surface area contributed by atoms with Crippen LogP contribution in [0.3, 0.4) is 0 Å². The van der Waals surface area contributed by atoms with E-state index >= 15 is 0 Å². The predicted molar refractivity (Wildman–Crippen MR) is 123 cm³/mol. The third-order valence-corrected chi connectivity index (χ3v) is 5.34. The first-order chi connectivity index (χ1) is 16.3. The van der Waals surface area contributed by atoms with Gasteiger partial charge in [-0.05, 0) is 42.8 Å². The molecule has 2 aromatic heterocycles. The average Bonchev–Trinajstić information content (AvgIpc) is 2.81. The number of aromatic amines is 1. The summed E-state index contributed by atoms with van der Waals surface area (Å²) in [6, 6.07) is 12.9. The van der Waals surface area contributed by atoms with E-state index in [-0.39, 0.29) is 11.5 Å². The highest BCUT2D eigenvalue weighted by molar-refractivity contribution is 5.64. The predicted octanol–water partition coefficient (Wildman–Crippen LogP) is 3.17. The lowest BCUT2D eigenvalue weighted by Gasteiger charge is -2.09. The minimum Gasteiger partial charge on any atom is -0.330 e. The molecule has 7 nitrogen and oxygen atoms in total. The van der Waals surface area contributed by atoms with Crippen molar-refractivity contribution in [3.05, 3.63) is 92.6 Å². The van der Waals surface area contributed by atoms with E-state index in [1.165, 1.54) is 28.8 Å². The van der Waals surface area contributed by atoms with E-state index in [4.69, 9.17) is 5.73 Å². The van der Waals surface area contributed by atoms with E-state index in [2.05, 4.69) is 15.3 Å². The molecule has 4 rings (SSSR count). The molecular formula is C24H22F3N5O2. The molecule has 176 valence electrons. The SMILES string of the molecule is NCCCNCc1ccc(-c2cn3c(=O)cc(-c4ccc(C(F)(F)F)cc4)nc3[nH]c2=O)cc1. The van der Waals surface area contributed by atoms with Gasteiger partial charge in [-0.15, -0.1) is 0 Å².